The Morgan fingerprint density at radius 3 is 2.67 bits per heavy atom. The van der Waals surface area contributed by atoms with Gasteiger partial charge in [-0.05, 0) is 52.4 Å². The molecule has 0 aliphatic heterocycles. The summed E-state index contributed by atoms with van der Waals surface area (Å²) in [6.07, 6.45) is 1.35. The minimum Gasteiger partial charge on any atom is -0.359 e. The summed E-state index contributed by atoms with van der Waals surface area (Å²) in [5.74, 6) is -1.04. The molecule has 1 aromatic heterocycles. The predicted octanol–water partition coefficient (Wildman–Crippen LogP) is 3.86. The fourth-order valence-corrected chi connectivity index (χ4v) is 3.17. The minimum absolute atomic E-state index is 0.0575. The summed E-state index contributed by atoms with van der Waals surface area (Å²) in [5, 5.41) is 3.43. The van der Waals surface area contributed by atoms with Crippen LogP contribution in [0.1, 0.15) is 15.9 Å². The van der Waals surface area contributed by atoms with Crippen molar-refractivity contribution in [3.05, 3.63) is 78.4 Å². The molecule has 7 heteroatoms. The van der Waals surface area contributed by atoms with Gasteiger partial charge in [-0.15, -0.1) is 0 Å². The summed E-state index contributed by atoms with van der Waals surface area (Å²) in [4.78, 5) is 27.6. The fourth-order valence-electron chi connectivity index (χ4n) is 2.30. The van der Waals surface area contributed by atoms with Crippen molar-refractivity contribution in [3.8, 4) is 0 Å². The lowest BCUT2D eigenvalue weighted by Crippen LogP contribution is -2.28. The summed E-state index contributed by atoms with van der Waals surface area (Å²) in [7, 11) is 0. The van der Waals surface area contributed by atoms with Crippen LogP contribution < -0.4 is 10.7 Å². The zero-order chi connectivity index (χ0) is 17.3. The number of aromatic nitrogens is 1. The second-order valence-electron chi connectivity index (χ2n) is 5.15. The average molecular weight is 457 g/mol. The summed E-state index contributed by atoms with van der Waals surface area (Å²) >= 11 is 7.74. The van der Waals surface area contributed by atoms with Crippen LogP contribution in [0.4, 0.5) is 4.39 Å². The first-order valence-corrected chi connectivity index (χ1v) is 8.44. The summed E-state index contributed by atoms with van der Waals surface area (Å²) in [6, 6.07) is 9.45. The van der Waals surface area contributed by atoms with Crippen molar-refractivity contribution in [1.29, 1.82) is 0 Å². The van der Waals surface area contributed by atoms with Crippen LogP contribution in [0.3, 0.4) is 0 Å². The molecule has 3 rings (SSSR count). The number of nitrogens with one attached hydrogen (secondary N) is 2. The number of hydrogen-bond donors (Lipinski definition) is 2. The van der Waals surface area contributed by atoms with E-state index in [0.717, 1.165) is 11.6 Å². The zero-order valence-corrected chi connectivity index (χ0v) is 15.1. The number of aromatic amines is 1. The molecule has 0 spiro atoms. The van der Waals surface area contributed by atoms with Gasteiger partial charge in [0.1, 0.15) is 11.4 Å². The molecule has 0 atom stereocenters. The third-order valence-electron chi connectivity index (χ3n) is 3.52. The van der Waals surface area contributed by atoms with Gasteiger partial charge in [0.25, 0.3) is 5.91 Å². The van der Waals surface area contributed by atoms with Crippen molar-refractivity contribution in [2.24, 2.45) is 0 Å². The zero-order valence-electron chi connectivity index (χ0n) is 12.2. The third kappa shape index (κ3) is 3.44. The number of pyridine rings is 1. The Kier molecular flexibility index (Phi) is 4.86. The monoisotopic (exact) mass is 456 g/mol. The molecule has 4 nitrogen and oxygen atoms in total. The molecule has 0 aliphatic carbocycles. The highest BCUT2D eigenvalue weighted by atomic mass is 127. The molecule has 0 saturated carbocycles. The number of hydrogen-bond acceptors (Lipinski definition) is 2. The van der Waals surface area contributed by atoms with E-state index in [2.05, 4.69) is 10.3 Å². The van der Waals surface area contributed by atoms with Gasteiger partial charge >= 0.3 is 0 Å². The molecule has 2 N–H and O–H groups in total. The molecule has 0 radical (unpaired) electrons. The molecular weight excluding hydrogens is 446 g/mol. The van der Waals surface area contributed by atoms with Crippen molar-refractivity contribution in [2.75, 3.05) is 0 Å². The van der Waals surface area contributed by atoms with E-state index >= 15 is 0 Å². The van der Waals surface area contributed by atoms with Gasteiger partial charge in [-0.3, -0.25) is 9.59 Å². The second-order valence-corrected chi connectivity index (χ2v) is 6.75. The molecule has 1 amide bonds. The average Bonchev–Trinajstić information content (AvgIpc) is 2.55. The summed E-state index contributed by atoms with van der Waals surface area (Å²) in [6.45, 7) is 0.258. The largest absolute Gasteiger partial charge is 0.359 e. The lowest BCUT2D eigenvalue weighted by atomic mass is 10.1. The first-order chi connectivity index (χ1) is 11.5. The van der Waals surface area contributed by atoms with Gasteiger partial charge in [0.2, 0.25) is 5.43 Å². The smallest absolute Gasteiger partial charge is 0.257 e. The molecule has 0 saturated heterocycles. The number of amides is 1. The van der Waals surface area contributed by atoms with Crippen molar-refractivity contribution in [3.63, 3.8) is 0 Å². The van der Waals surface area contributed by atoms with Crippen LogP contribution in [0, 0.1) is 9.39 Å². The Hall–Kier alpha value is -1.93. The van der Waals surface area contributed by atoms with E-state index in [4.69, 9.17) is 11.6 Å². The van der Waals surface area contributed by atoms with Gasteiger partial charge in [-0.1, -0.05) is 23.7 Å². The molecule has 2 aromatic carbocycles. The summed E-state index contributed by atoms with van der Waals surface area (Å²) in [5.41, 5.74) is 0.800. The Morgan fingerprint density at radius 2 is 1.96 bits per heavy atom. The molecule has 1 heterocycles. The SMILES string of the molecule is O=C(NCc1ccc(Cl)cc1)c1c[nH]c2c(I)cc(F)cc2c1=O. The number of carbonyl (C=O) groups excluding carboxylic acids is 1. The van der Waals surface area contributed by atoms with Crippen LogP contribution in [0.25, 0.3) is 10.9 Å². The molecule has 0 bridgehead atoms. The molecule has 3 aromatic rings. The highest BCUT2D eigenvalue weighted by Gasteiger charge is 2.14. The Balaban J connectivity index is 1.88. The molecule has 0 fully saturated rings. The van der Waals surface area contributed by atoms with Gasteiger partial charge in [0.05, 0.1) is 10.9 Å². The van der Waals surface area contributed by atoms with E-state index < -0.39 is 17.2 Å². The summed E-state index contributed by atoms with van der Waals surface area (Å²) < 4.78 is 14.1. The number of benzene rings is 2. The van der Waals surface area contributed by atoms with Gasteiger partial charge in [0.15, 0.2) is 0 Å². The van der Waals surface area contributed by atoms with E-state index in [1.807, 2.05) is 22.6 Å². The van der Waals surface area contributed by atoms with E-state index in [1.54, 1.807) is 24.3 Å². The van der Waals surface area contributed by atoms with Crippen molar-refractivity contribution < 1.29 is 9.18 Å². The molecule has 24 heavy (non-hydrogen) atoms. The van der Waals surface area contributed by atoms with E-state index in [1.165, 1.54) is 12.3 Å². The number of fused-ring (bicyclic) bond motifs is 1. The van der Waals surface area contributed by atoms with Gasteiger partial charge in [-0.25, -0.2) is 4.39 Å². The Bertz CT molecular complexity index is 986. The van der Waals surface area contributed by atoms with Crippen molar-refractivity contribution >= 4 is 51.0 Å². The van der Waals surface area contributed by atoms with E-state index in [0.29, 0.717) is 14.1 Å². The quantitative estimate of drug-likeness (QED) is 0.588. The molecule has 0 unspecified atom stereocenters. The topological polar surface area (TPSA) is 62.0 Å². The van der Waals surface area contributed by atoms with Crippen LogP contribution in [0.2, 0.25) is 5.02 Å². The maximum atomic E-state index is 13.5. The highest BCUT2D eigenvalue weighted by Crippen LogP contribution is 2.18. The first kappa shape index (κ1) is 16.9. The molecule has 0 aliphatic rings. The number of carbonyl (C=O) groups is 1. The van der Waals surface area contributed by atoms with Crippen LogP contribution in [-0.4, -0.2) is 10.9 Å². The van der Waals surface area contributed by atoms with Crippen molar-refractivity contribution in [1.82, 2.24) is 10.3 Å². The highest BCUT2D eigenvalue weighted by molar-refractivity contribution is 14.1. The minimum atomic E-state index is -0.521. The Morgan fingerprint density at radius 1 is 1.25 bits per heavy atom. The number of H-pyrrole nitrogens is 1. The normalized spacial score (nSPS) is 10.8. The molecular formula is C17H11ClFIN2O2. The Labute approximate surface area is 155 Å². The van der Waals surface area contributed by atoms with Gasteiger partial charge in [0, 0.05) is 21.3 Å². The first-order valence-electron chi connectivity index (χ1n) is 6.99. The van der Waals surface area contributed by atoms with Gasteiger partial charge < -0.3 is 10.3 Å². The van der Waals surface area contributed by atoms with Crippen LogP contribution >= 0.6 is 34.2 Å². The number of halogens is 3. The van der Waals surface area contributed by atoms with Gasteiger partial charge in [-0.2, -0.15) is 0 Å². The van der Waals surface area contributed by atoms with Crippen LogP contribution in [0.15, 0.2) is 47.4 Å². The van der Waals surface area contributed by atoms with Crippen LogP contribution in [-0.2, 0) is 6.54 Å². The van der Waals surface area contributed by atoms with E-state index in [-0.39, 0.29) is 17.5 Å². The fraction of sp³-hybridized carbons (Fsp3) is 0.0588. The maximum absolute atomic E-state index is 13.5. The van der Waals surface area contributed by atoms with E-state index in [9.17, 15) is 14.0 Å². The maximum Gasteiger partial charge on any atom is 0.257 e. The second kappa shape index (κ2) is 6.90. The molecule has 122 valence electrons. The predicted molar refractivity (Wildman–Crippen MR) is 99.9 cm³/mol. The number of rotatable bonds is 3. The lowest BCUT2D eigenvalue weighted by Gasteiger charge is -2.07. The van der Waals surface area contributed by atoms with Crippen molar-refractivity contribution in [2.45, 2.75) is 6.54 Å². The lowest BCUT2D eigenvalue weighted by molar-refractivity contribution is 0.0949. The van der Waals surface area contributed by atoms with Crippen LogP contribution in [0.5, 0.6) is 0 Å². The third-order valence-corrected chi connectivity index (χ3v) is 4.62. The standard InChI is InChI=1S/C17H11ClFIN2O2/c18-10-3-1-9(2-4-10)7-22-17(24)13-8-21-15-12(16(13)23)5-11(19)6-14(15)20/h1-6,8H,7H2,(H,21,23)(H,22,24).